The van der Waals surface area contributed by atoms with Crippen LogP contribution in [0.5, 0.6) is 0 Å². The number of nitrogens with one attached hydrogen (secondary N) is 3. The largest absolute Gasteiger partial charge is 0.405 e. The number of ether oxygens (including phenoxy) is 1. The van der Waals surface area contributed by atoms with Gasteiger partial charge in [0.15, 0.2) is 11.8 Å². The smallest absolute Gasteiger partial charge is 0.233 e. The first-order valence-electron chi connectivity index (χ1n) is 12.3. The van der Waals surface area contributed by atoms with Crippen LogP contribution in [0.2, 0.25) is 0 Å². The number of aryl methyl sites for hydroxylation is 1. The van der Waals surface area contributed by atoms with Gasteiger partial charge in [0.1, 0.15) is 17.5 Å². The van der Waals surface area contributed by atoms with Crippen molar-refractivity contribution in [2.75, 3.05) is 31.6 Å². The molecule has 0 amide bonds. The number of hydrogen-bond donors (Lipinski definition) is 6. The second-order valence-corrected chi connectivity index (χ2v) is 8.33. The maximum absolute atomic E-state index is 13.3. The zero-order chi connectivity index (χ0) is 28.6. The highest BCUT2D eigenvalue weighted by atomic mass is 19.1. The van der Waals surface area contributed by atoms with Gasteiger partial charge in [-0.1, -0.05) is 31.9 Å². The van der Waals surface area contributed by atoms with Gasteiger partial charge in [0.25, 0.3) is 0 Å². The molecule has 0 aromatic carbocycles. The van der Waals surface area contributed by atoms with E-state index in [0.717, 1.165) is 30.0 Å². The van der Waals surface area contributed by atoms with E-state index in [9.17, 15) is 4.39 Å². The number of morpholine rings is 1. The fourth-order valence-electron chi connectivity index (χ4n) is 3.28. The Morgan fingerprint density at radius 2 is 2.05 bits per heavy atom. The number of aliphatic imine (C=N–C) groups is 3. The molecule has 1 aromatic heterocycles. The Bertz CT molecular complexity index is 1170. The van der Waals surface area contributed by atoms with E-state index < -0.39 is 11.9 Å². The van der Waals surface area contributed by atoms with Crippen LogP contribution in [0.4, 0.5) is 10.2 Å². The second kappa shape index (κ2) is 16.2. The zero-order valence-corrected chi connectivity index (χ0v) is 22.2. The number of guanidine groups is 2. The van der Waals surface area contributed by atoms with Crippen LogP contribution in [0.1, 0.15) is 19.0 Å². The van der Waals surface area contributed by atoms with Crippen molar-refractivity contribution < 1.29 is 9.13 Å². The molecule has 1 aliphatic rings. The maximum Gasteiger partial charge on any atom is 0.233 e. The summed E-state index contributed by atoms with van der Waals surface area (Å²) in [5.74, 6) is 0.597. The van der Waals surface area contributed by atoms with Crippen molar-refractivity contribution in [3.63, 3.8) is 0 Å². The predicted octanol–water partition coefficient (Wildman–Crippen LogP) is 2.15. The molecule has 13 heteroatoms. The van der Waals surface area contributed by atoms with Crippen LogP contribution < -0.4 is 27.8 Å². The van der Waals surface area contributed by atoms with Crippen molar-refractivity contribution in [2.24, 2.45) is 32.2 Å². The van der Waals surface area contributed by atoms with E-state index in [4.69, 9.17) is 21.9 Å². The third-order valence-electron chi connectivity index (χ3n) is 5.37. The molecule has 0 spiro atoms. The molecule has 1 atom stereocenters. The summed E-state index contributed by atoms with van der Waals surface area (Å²) in [4.78, 5) is 14.7. The van der Waals surface area contributed by atoms with Crippen LogP contribution >= 0.6 is 0 Å². The quantitative estimate of drug-likeness (QED) is 0.133. The molecule has 12 nitrogen and oxygen atoms in total. The number of halogens is 1. The minimum absolute atomic E-state index is 0.00150. The number of nitrogens with zero attached hydrogens (tertiary/aromatic N) is 5. The van der Waals surface area contributed by atoms with E-state index in [1.54, 1.807) is 13.0 Å². The summed E-state index contributed by atoms with van der Waals surface area (Å²) >= 11 is 0. The Kier molecular flexibility index (Phi) is 12.7. The Balaban J connectivity index is 2.20. The molecule has 0 unspecified atom stereocenters. The minimum atomic E-state index is -0.616. The summed E-state index contributed by atoms with van der Waals surface area (Å²) < 4.78 is 18.7. The molecule has 0 radical (unpaired) electrons. The van der Waals surface area contributed by atoms with Crippen LogP contribution in [-0.4, -0.2) is 65.2 Å². The number of hydrogen-bond acceptors (Lipinski definition) is 6. The van der Waals surface area contributed by atoms with Gasteiger partial charge in [0.2, 0.25) is 5.96 Å². The van der Waals surface area contributed by atoms with E-state index in [0.29, 0.717) is 44.4 Å². The molecular formula is C26H38FN11O. The first-order chi connectivity index (χ1) is 18.7. The first kappa shape index (κ1) is 30.6. The molecule has 1 aliphatic heterocycles. The van der Waals surface area contributed by atoms with Gasteiger partial charge in [-0.25, -0.2) is 9.38 Å². The number of nitrogens with two attached hydrogens (primary N) is 3. The maximum atomic E-state index is 13.3. The van der Waals surface area contributed by atoms with Crippen molar-refractivity contribution in [1.29, 1.82) is 0 Å². The molecule has 1 fully saturated rings. The van der Waals surface area contributed by atoms with Gasteiger partial charge in [-0.05, 0) is 43.7 Å². The average molecular weight is 540 g/mol. The van der Waals surface area contributed by atoms with Crippen molar-refractivity contribution in [3.8, 4) is 0 Å². The third-order valence-corrected chi connectivity index (χ3v) is 5.37. The molecule has 210 valence electrons. The van der Waals surface area contributed by atoms with Crippen LogP contribution in [-0.2, 0) is 11.2 Å². The van der Waals surface area contributed by atoms with Crippen molar-refractivity contribution in [2.45, 2.75) is 25.8 Å². The number of rotatable bonds is 12. The van der Waals surface area contributed by atoms with Gasteiger partial charge < -0.3 is 37.5 Å². The molecule has 1 saturated heterocycles. The van der Waals surface area contributed by atoms with Crippen LogP contribution in [0.3, 0.4) is 0 Å². The molecule has 1 aromatic rings. The van der Waals surface area contributed by atoms with Crippen molar-refractivity contribution in [3.05, 3.63) is 85.4 Å². The highest BCUT2D eigenvalue weighted by Gasteiger charge is 2.14. The van der Waals surface area contributed by atoms with E-state index in [-0.39, 0.29) is 17.8 Å². The van der Waals surface area contributed by atoms with Crippen LogP contribution in [0.25, 0.3) is 0 Å². The molecular weight excluding hydrogens is 501 g/mol. The molecule has 0 bridgehead atoms. The summed E-state index contributed by atoms with van der Waals surface area (Å²) in [5, 5.41) is 13.3. The standard InChI is InChI=1S/C26H38FN11O/c1-5-7-20(10-11-28)8-9-22-16-23(37-36-22)34-26(33-19(4)38-12-14-39-15-13-38)35-25(30)32-18(3)24(29)31-17-21(27)6-2/h5-7,10-11,16-18H,1-2,4,8-9,12-15,28H2,3H3,(H2,29,31)(H5,30,32,33,34,35,36,37)/b11-10-,20-7-,21-17+/t18-/m0/s1. The third kappa shape index (κ3) is 11.1. The number of aromatic nitrogens is 2. The summed E-state index contributed by atoms with van der Waals surface area (Å²) in [6, 6.07) is 1.29. The van der Waals surface area contributed by atoms with Crippen LogP contribution in [0.15, 0.2) is 94.7 Å². The monoisotopic (exact) mass is 539 g/mol. The molecule has 0 aliphatic carbocycles. The summed E-state index contributed by atoms with van der Waals surface area (Å²) in [6.07, 6.45) is 10.3. The van der Waals surface area contributed by atoms with Gasteiger partial charge in [-0.2, -0.15) is 15.1 Å². The lowest BCUT2D eigenvalue weighted by Gasteiger charge is -2.28. The Morgan fingerprint density at radius 1 is 1.31 bits per heavy atom. The predicted molar refractivity (Wildman–Crippen MR) is 156 cm³/mol. The van der Waals surface area contributed by atoms with Crippen LogP contribution in [0, 0.1) is 0 Å². The fourth-order valence-corrected chi connectivity index (χ4v) is 3.28. The molecule has 9 N–H and O–H groups in total. The molecule has 2 rings (SSSR count). The van der Waals surface area contributed by atoms with Gasteiger partial charge in [-0.3, -0.25) is 5.10 Å². The van der Waals surface area contributed by atoms with Gasteiger partial charge in [0.05, 0.1) is 25.5 Å². The topological polar surface area (TPSA) is 180 Å². The number of aromatic amines is 1. The number of amidine groups is 1. The summed E-state index contributed by atoms with van der Waals surface area (Å²) in [5.41, 5.74) is 19.5. The van der Waals surface area contributed by atoms with E-state index in [1.807, 2.05) is 23.1 Å². The molecule has 2 heterocycles. The second-order valence-electron chi connectivity index (χ2n) is 8.33. The first-order valence-corrected chi connectivity index (χ1v) is 12.3. The lowest BCUT2D eigenvalue weighted by Crippen LogP contribution is -2.46. The number of anilines is 1. The number of H-pyrrole nitrogens is 1. The highest BCUT2D eigenvalue weighted by Crippen LogP contribution is 2.14. The van der Waals surface area contributed by atoms with Gasteiger partial charge in [-0.15, -0.1) is 0 Å². The zero-order valence-electron chi connectivity index (χ0n) is 22.2. The van der Waals surface area contributed by atoms with E-state index in [2.05, 4.69) is 55.5 Å². The van der Waals surface area contributed by atoms with Crippen molar-refractivity contribution >= 4 is 23.6 Å². The Hall–Kier alpha value is -4.65. The fraction of sp³-hybridized carbons (Fsp3) is 0.308. The lowest BCUT2D eigenvalue weighted by molar-refractivity contribution is 0.0534. The van der Waals surface area contributed by atoms with Gasteiger partial charge >= 0.3 is 0 Å². The SMILES string of the molecule is C=C/C=C(\C=C/N)CCc1cc(NC(=N/C(=C)N2CCOCC2)/N=C(\N)N[C@@H](C)/C(N)=N/C=C(/F)C=C)n[nH]1. The Morgan fingerprint density at radius 3 is 2.72 bits per heavy atom. The minimum Gasteiger partial charge on any atom is -0.405 e. The van der Waals surface area contributed by atoms with E-state index >= 15 is 0 Å². The average Bonchev–Trinajstić information content (AvgIpc) is 3.37. The molecule has 39 heavy (non-hydrogen) atoms. The normalized spacial score (nSPS) is 16.8. The van der Waals surface area contributed by atoms with E-state index in [1.165, 1.54) is 6.20 Å². The summed E-state index contributed by atoms with van der Waals surface area (Å²) in [7, 11) is 0. The Labute approximate surface area is 228 Å². The molecule has 0 saturated carbocycles. The lowest BCUT2D eigenvalue weighted by atomic mass is 10.1. The highest BCUT2D eigenvalue weighted by molar-refractivity contribution is 6.02. The number of allylic oxidation sites excluding steroid dienone is 6. The summed E-state index contributed by atoms with van der Waals surface area (Å²) in [6.45, 7) is 15.3. The van der Waals surface area contributed by atoms with Crippen molar-refractivity contribution in [1.82, 2.24) is 20.4 Å². The van der Waals surface area contributed by atoms with Gasteiger partial charge in [0, 0.05) is 24.8 Å².